The van der Waals surface area contributed by atoms with Crippen molar-refractivity contribution in [1.29, 1.82) is 0 Å². The molecule has 0 bridgehead atoms. The zero-order valence-electron chi connectivity index (χ0n) is 10.1. The van der Waals surface area contributed by atoms with Gasteiger partial charge in [-0.1, -0.05) is 51.1 Å². The zero-order chi connectivity index (χ0) is 11.8. The van der Waals surface area contributed by atoms with Crippen molar-refractivity contribution in [2.45, 2.75) is 32.6 Å². The molecular formula is C15H18O. The van der Waals surface area contributed by atoms with Crippen molar-refractivity contribution >= 4 is 10.8 Å². The maximum atomic E-state index is 10.0. The number of rotatable bonds is 2. The first kappa shape index (κ1) is 11.0. The maximum Gasteiger partial charge on any atom is 0.123 e. The second kappa shape index (κ2) is 3.82. The number of benzene rings is 2. The second-order valence-corrected chi connectivity index (χ2v) is 4.92. The van der Waals surface area contributed by atoms with E-state index in [1.165, 1.54) is 5.56 Å². The normalized spacial score (nSPS) is 11.9. The van der Waals surface area contributed by atoms with Gasteiger partial charge in [-0.05, 0) is 28.9 Å². The molecule has 0 fully saturated rings. The van der Waals surface area contributed by atoms with E-state index in [0.29, 0.717) is 5.75 Å². The highest BCUT2D eigenvalue weighted by Gasteiger charge is 2.21. The average Bonchev–Trinajstić information content (AvgIpc) is 2.29. The molecule has 84 valence electrons. The molecule has 2 rings (SSSR count). The van der Waals surface area contributed by atoms with Crippen molar-refractivity contribution in [3.63, 3.8) is 0 Å². The molecule has 2 aromatic carbocycles. The molecule has 1 N–H and O–H groups in total. The van der Waals surface area contributed by atoms with Gasteiger partial charge in [0.2, 0.25) is 0 Å². The lowest BCUT2D eigenvalue weighted by molar-refractivity contribution is 0.475. The van der Waals surface area contributed by atoms with Crippen LogP contribution >= 0.6 is 0 Å². The van der Waals surface area contributed by atoms with Crippen LogP contribution in [0.15, 0.2) is 36.4 Å². The van der Waals surface area contributed by atoms with Crippen molar-refractivity contribution in [2.24, 2.45) is 0 Å². The van der Waals surface area contributed by atoms with E-state index in [1.54, 1.807) is 6.07 Å². The summed E-state index contributed by atoms with van der Waals surface area (Å²) in [6.45, 7) is 6.61. The quantitative estimate of drug-likeness (QED) is 0.793. The Morgan fingerprint density at radius 3 is 2.31 bits per heavy atom. The average molecular weight is 214 g/mol. The highest BCUT2D eigenvalue weighted by Crippen LogP contribution is 2.36. The molecule has 0 atom stereocenters. The minimum atomic E-state index is 0.0956. The highest BCUT2D eigenvalue weighted by molar-refractivity contribution is 5.91. The van der Waals surface area contributed by atoms with E-state index in [9.17, 15) is 5.11 Å². The molecule has 0 unspecified atom stereocenters. The molecule has 0 saturated carbocycles. The van der Waals surface area contributed by atoms with Gasteiger partial charge in [-0.25, -0.2) is 0 Å². The van der Waals surface area contributed by atoms with E-state index in [1.807, 2.05) is 18.2 Å². The van der Waals surface area contributed by atoms with Crippen molar-refractivity contribution in [2.75, 3.05) is 0 Å². The minimum Gasteiger partial charge on any atom is -0.507 e. The lowest BCUT2D eigenvalue weighted by atomic mass is 9.79. The predicted molar refractivity (Wildman–Crippen MR) is 68.9 cm³/mol. The SMILES string of the molecule is CCC(C)(C)c1cccc2cccc(O)c12. The molecule has 1 nitrogen and oxygen atoms in total. The van der Waals surface area contributed by atoms with Gasteiger partial charge in [0.25, 0.3) is 0 Å². The number of hydrogen-bond donors (Lipinski definition) is 1. The molecular weight excluding hydrogens is 196 g/mol. The van der Waals surface area contributed by atoms with E-state index in [2.05, 4.69) is 32.9 Å². The van der Waals surface area contributed by atoms with E-state index in [-0.39, 0.29) is 5.41 Å². The van der Waals surface area contributed by atoms with Crippen LogP contribution in [-0.4, -0.2) is 5.11 Å². The summed E-state index contributed by atoms with van der Waals surface area (Å²) < 4.78 is 0. The van der Waals surface area contributed by atoms with Crippen LogP contribution in [0.3, 0.4) is 0 Å². The van der Waals surface area contributed by atoms with Gasteiger partial charge >= 0.3 is 0 Å². The number of aromatic hydroxyl groups is 1. The van der Waals surface area contributed by atoms with Gasteiger partial charge in [-0.2, -0.15) is 0 Å². The summed E-state index contributed by atoms with van der Waals surface area (Å²) >= 11 is 0. The molecule has 0 radical (unpaired) electrons. The lowest BCUT2D eigenvalue weighted by Gasteiger charge is -2.25. The molecule has 16 heavy (non-hydrogen) atoms. The predicted octanol–water partition coefficient (Wildman–Crippen LogP) is 4.23. The van der Waals surface area contributed by atoms with Crippen molar-refractivity contribution < 1.29 is 5.11 Å². The van der Waals surface area contributed by atoms with Crippen LogP contribution in [0.5, 0.6) is 5.75 Å². The minimum absolute atomic E-state index is 0.0956. The third-order valence-electron chi connectivity index (χ3n) is 3.50. The van der Waals surface area contributed by atoms with Crippen LogP contribution in [0.25, 0.3) is 10.8 Å². The third-order valence-corrected chi connectivity index (χ3v) is 3.50. The van der Waals surface area contributed by atoms with E-state index in [4.69, 9.17) is 0 Å². The number of fused-ring (bicyclic) bond motifs is 1. The first-order valence-electron chi connectivity index (χ1n) is 5.77. The van der Waals surface area contributed by atoms with Crippen LogP contribution in [0.2, 0.25) is 0 Å². The van der Waals surface area contributed by atoms with Gasteiger partial charge in [-0.3, -0.25) is 0 Å². The van der Waals surface area contributed by atoms with Gasteiger partial charge < -0.3 is 5.11 Å². The summed E-state index contributed by atoms with van der Waals surface area (Å²) in [5.41, 5.74) is 1.32. The fraction of sp³-hybridized carbons (Fsp3) is 0.333. The molecule has 0 amide bonds. The Hall–Kier alpha value is -1.50. The summed E-state index contributed by atoms with van der Waals surface area (Å²) in [5.74, 6) is 0.384. The van der Waals surface area contributed by atoms with Crippen molar-refractivity contribution in [3.05, 3.63) is 42.0 Å². The molecule has 0 saturated heterocycles. The smallest absolute Gasteiger partial charge is 0.123 e. The van der Waals surface area contributed by atoms with Crippen LogP contribution in [0, 0.1) is 0 Å². The lowest BCUT2D eigenvalue weighted by Crippen LogP contribution is -2.15. The molecule has 0 aliphatic heterocycles. The fourth-order valence-corrected chi connectivity index (χ4v) is 2.08. The molecule has 0 heterocycles. The Morgan fingerprint density at radius 1 is 1.06 bits per heavy atom. The molecule has 2 aromatic rings. The van der Waals surface area contributed by atoms with E-state index >= 15 is 0 Å². The Labute approximate surface area is 96.7 Å². The van der Waals surface area contributed by atoms with Crippen LogP contribution in [0.4, 0.5) is 0 Å². The summed E-state index contributed by atoms with van der Waals surface area (Å²) in [6.07, 6.45) is 1.06. The largest absolute Gasteiger partial charge is 0.507 e. The van der Waals surface area contributed by atoms with Crippen molar-refractivity contribution in [1.82, 2.24) is 0 Å². The summed E-state index contributed by atoms with van der Waals surface area (Å²) in [5, 5.41) is 12.1. The third kappa shape index (κ3) is 1.67. The first-order chi connectivity index (χ1) is 7.56. The second-order valence-electron chi connectivity index (χ2n) is 4.92. The van der Waals surface area contributed by atoms with E-state index in [0.717, 1.165) is 17.2 Å². The number of hydrogen-bond acceptors (Lipinski definition) is 1. The first-order valence-corrected chi connectivity index (χ1v) is 5.77. The van der Waals surface area contributed by atoms with Crippen molar-refractivity contribution in [3.8, 4) is 5.75 Å². The van der Waals surface area contributed by atoms with Gasteiger partial charge in [0.15, 0.2) is 0 Å². The highest BCUT2D eigenvalue weighted by atomic mass is 16.3. The molecule has 0 aromatic heterocycles. The molecule has 1 heteroatoms. The molecule has 0 spiro atoms. The Kier molecular flexibility index (Phi) is 2.63. The monoisotopic (exact) mass is 214 g/mol. The van der Waals surface area contributed by atoms with Gasteiger partial charge in [-0.15, -0.1) is 0 Å². The molecule has 0 aliphatic rings. The number of phenolic OH excluding ortho intramolecular Hbond substituents is 1. The van der Waals surface area contributed by atoms with E-state index < -0.39 is 0 Å². The summed E-state index contributed by atoms with van der Waals surface area (Å²) in [4.78, 5) is 0. The summed E-state index contributed by atoms with van der Waals surface area (Å²) in [6, 6.07) is 11.9. The summed E-state index contributed by atoms with van der Waals surface area (Å²) in [7, 11) is 0. The van der Waals surface area contributed by atoms with Crippen LogP contribution in [0.1, 0.15) is 32.8 Å². The van der Waals surface area contributed by atoms with Gasteiger partial charge in [0, 0.05) is 5.39 Å². The van der Waals surface area contributed by atoms with Crippen LogP contribution in [-0.2, 0) is 5.41 Å². The molecule has 0 aliphatic carbocycles. The number of phenols is 1. The van der Waals surface area contributed by atoms with Crippen LogP contribution < -0.4 is 0 Å². The van der Waals surface area contributed by atoms with Gasteiger partial charge in [0.1, 0.15) is 5.75 Å². The zero-order valence-corrected chi connectivity index (χ0v) is 10.1. The fourth-order valence-electron chi connectivity index (χ4n) is 2.08. The van der Waals surface area contributed by atoms with Gasteiger partial charge in [0.05, 0.1) is 0 Å². The topological polar surface area (TPSA) is 20.2 Å². The Morgan fingerprint density at radius 2 is 1.69 bits per heavy atom. The maximum absolute atomic E-state index is 10.0. The Balaban J connectivity index is 2.80. The standard InChI is InChI=1S/C15H18O/c1-4-15(2,3)12-9-5-7-11-8-6-10-13(16)14(11)12/h5-10,16H,4H2,1-3H3. The Bertz CT molecular complexity index is 507.